The molecule has 0 bridgehead atoms. The SMILES string of the molecule is O=C(CC1CNCCO1)Oc1ccccc1. The lowest BCUT2D eigenvalue weighted by atomic mass is 10.2. The first-order valence-electron chi connectivity index (χ1n) is 5.42. The number of benzene rings is 1. The predicted molar refractivity (Wildman–Crippen MR) is 59.3 cm³/mol. The highest BCUT2D eigenvalue weighted by atomic mass is 16.5. The van der Waals surface area contributed by atoms with Gasteiger partial charge in [-0.3, -0.25) is 4.79 Å². The molecule has 0 spiro atoms. The van der Waals surface area contributed by atoms with Crippen LogP contribution in [0.15, 0.2) is 30.3 Å². The molecule has 1 heterocycles. The summed E-state index contributed by atoms with van der Waals surface area (Å²) in [5, 5.41) is 3.17. The molecule has 0 saturated carbocycles. The molecule has 4 heteroatoms. The number of hydrogen-bond donors (Lipinski definition) is 1. The van der Waals surface area contributed by atoms with Gasteiger partial charge in [-0.25, -0.2) is 0 Å². The second-order valence-electron chi connectivity index (χ2n) is 3.69. The first-order valence-corrected chi connectivity index (χ1v) is 5.42. The van der Waals surface area contributed by atoms with E-state index in [0.29, 0.717) is 25.3 Å². The molecule has 1 aromatic carbocycles. The lowest BCUT2D eigenvalue weighted by Crippen LogP contribution is -2.40. The summed E-state index contributed by atoms with van der Waals surface area (Å²) < 4.78 is 10.6. The quantitative estimate of drug-likeness (QED) is 0.610. The van der Waals surface area contributed by atoms with Gasteiger partial charge in [0.05, 0.1) is 19.1 Å². The summed E-state index contributed by atoms with van der Waals surface area (Å²) in [6.07, 6.45) is 0.229. The molecule has 2 rings (SSSR count). The highest BCUT2D eigenvalue weighted by molar-refractivity contribution is 5.72. The first kappa shape index (κ1) is 11.1. The summed E-state index contributed by atoms with van der Waals surface area (Å²) in [5.41, 5.74) is 0. The van der Waals surface area contributed by atoms with Gasteiger partial charge >= 0.3 is 5.97 Å². The Morgan fingerprint density at radius 2 is 2.25 bits per heavy atom. The molecule has 1 aromatic rings. The van der Waals surface area contributed by atoms with E-state index in [2.05, 4.69) is 5.32 Å². The van der Waals surface area contributed by atoms with Gasteiger partial charge in [0, 0.05) is 13.1 Å². The van der Waals surface area contributed by atoms with Crippen LogP contribution in [0.2, 0.25) is 0 Å². The van der Waals surface area contributed by atoms with Crippen molar-refractivity contribution < 1.29 is 14.3 Å². The first-order chi connectivity index (χ1) is 7.84. The van der Waals surface area contributed by atoms with E-state index in [1.54, 1.807) is 12.1 Å². The minimum Gasteiger partial charge on any atom is -0.426 e. The van der Waals surface area contributed by atoms with Crippen molar-refractivity contribution in [2.24, 2.45) is 0 Å². The Bertz CT molecular complexity index is 333. The minimum absolute atomic E-state index is 0.0648. The number of nitrogens with one attached hydrogen (secondary N) is 1. The van der Waals surface area contributed by atoms with E-state index in [1.807, 2.05) is 18.2 Å². The molecular weight excluding hydrogens is 206 g/mol. The molecule has 16 heavy (non-hydrogen) atoms. The highest BCUT2D eigenvalue weighted by Gasteiger charge is 2.18. The van der Waals surface area contributed by atoms with Crippen LogP contribution in [-0.4, -0.2) is 31.8 Å². The summed E-state index contributed by atoms with van der Waals surface area (Å²) in [4.78, 5) is 11.6. The van der Waals surface area contributed by atoms with Crippen molar-refractivity contribution >= 4 is 5.97 Å². The average molecular weight is 221 g/mol. The third-order valence-corrected chi connectivity index (χ3v) is 2.37. The van der Waals surface area contributed by atoms with E-state index >= 15 is 0 Å². The summed E-state index contributed by atoms with van der Waals surface area (Å²) >= 11 is 0. The van der Waals surface area contributed by atoms with Crippen molar-refractivity contribution in [3.05, 3.63) is 30.3 Å². The van der Waals surface area contributed by atoms with Crippen molar-refractivity contribution in [3.63, 3.8) is 0 Å². The van der Waals surface area contributed by atoms with Crippen LogP contribution in [0.1, 0.15) is 6.42 Å². The molecule has 1 N–H and O–H groups in total. The molecule has 1 atom stereocenters. The Labute approximate surface area is 94.6 Å². The number of esters is 1. The molecule has 0 amide bonds. The van der Waals surface area contributed by atoms with Crippen LogP contribution in [0.25, 0.3) is 0 Å². The van der Waals surface area contributed by atoms with Crippen molar-refractivity contribution in [1.82, 2.24) is 5.32 Å². The molecule has 1 fully saturated rings. The molecule has 4 nitrogen and oxygen atoms in total. The Morgan fingerprint density at radius 3 is 2.94 bits per heavy atom. The van der Waals surface area contributed by atoms with Crippen molar-refractivity contribution in [2.75, 3.05) is 19.7 Å². The Hall–Kier alpha value is -1.39. The summed E-state index contributed by atoms with van der Waals surface area (Å²) in [6, 6.07) is 9.07. The Balaban J connectivity index is 1.80. The van der Waals surface area contributed by atoms with Crippen LogP contribution < -0.4 is 10.1 Å². The predicted octanol–water partition coefficient (Wildman–Crippen LogP) is 0.970. The van der Waals surface area contributed by atoms with Crippen LogP contribution in [0, 0.1) is 0 Å². The molecule has 1 saturated heterocycles. The van der Waals surface area contributed by atoms with E-state index in [4.69, 9.17) is 9.47 Å². The van der Waals surface area contributed by atoms with E-state index in [1.165, 1.54) is 0 Å². The van der Waals surface area contributed by atoms with E-state index in [9.17, 15) is 4.79 Å². The number of hydrogen-bond acceptors (Lipinski definition) is 4. The fourth-order valence-corrected chi connectivity index (χ4v) is 1.60. The number of para-hydroxylation sites is 1. The summed E-state index contributed by atoms with van der Waals surface area (Å²) in [5.74, 6) is 0.330. The molecular formula is C12H15NO3. The Morgan fingerprint density at radius 1 is 1.44 bits per heavy atom. The maximum absolute atomic E-state index is 11.6. The van der Waals surface area contributed by atoms with Crippen LogP contribution in [0.4, 0.5) is 0 Å². The summed E-state index contributed by atoms with van der Waals surface area (Å²) in [7, 11) is 0. The Kier molecular flexibility index (Phi) is 3.91. The number of rotatable bonds is 3. The molecule has 0 radical (unpaired) electrons. The van der Waals surface area contributed by atoms with Gasteiger partial charge in [-0.1, -0.05) is 18.2 Å². The monoisotopic (exact) mass is 221 g/mol. The normalized spacial score (nSPS) is 20.4. The minimum atomic E-state index is -0.250. The fraction of sp³-hybridized carbons (Fsp3) is 0.417. The highest BCUT2D eigenvalue weighted by Crippen LogP contribution is 2.11. The number of carbonyl (C=O) groups excluding carboxylic acids is 1. The van der Waals surface area contributed by atoms with Gasteiger partial charge < -0.3 is 14.8 Å². The van der Waals surface area contributed by atoms with Crippen molar-refractivity contribution in [2.45, 2.75) is 12.5 Å². The maximum atomic E-state index is 11.6. The van der Waals surface area contributed by atoms with Crippen LogP contribution in [0.3, 0.4) is 0 Å². The summed E-state index contributed by atoms with van der Waals surface area (Å²) in [6.45, 7) is 2.22. The molecule has 1 aliphatic rings. The third-order valence-electron chi connectivity index (χ3n) is 2.37. The van der Waals surface area contributed by atoms with Gasteiger partial charge in [0.2, 0.25) is 0 Å². The van der Waals surface area contributed by atoms with Crippen LogP contribution >= 0.6 is 0 Å². The zero-order chi connectivity index (χ0) is 11.2. The zero-order valence-electron chi connectivity index (χ0n) is 9.02. The van der Waals surface area contributed by atoms with Gasteiger partial charge in [-0.05, 0) is 12.1 Å². The molecule has 0 aromatic heterocycles. The molecule has 1 unspecified atom stereocenters. The van der Waals surface area contributed by atoms with Gasteiger partial charge in [-0.15, -0.1) is 0 Å². The third kappa shape index (κ3) is 3.32. The van der Waals surface area contributed by atoms with Gasteiger partial charge in [0.1, 0.15) is 5.75 Å². The average Bonchev–Trinajstić information content (AvgIpc) is 2.31. The fourth-order valence-electron chi connectivity index (χ4n) is 1.60. The topological polar surface area (TPSA) is 47.6 Å². The molecule has 0 aliphatic carbocycles. The van der Waals surface area contributed by atoms with Crippen LogP contribution in [-0.2, 0) is 9.53 Å². The van der Waals surface area contributed by atoms with E-state index < -0.39 is 0 Å². The number of ether oxygens (including phenoxy) is 2. The van der Waals surface area contributed by atoms with E-state index in [0.717, 1.165) is 6.54 Å². The molecule has 86 valence electrons. The van der Waals surface area contributed by atoms with Crippen molar-refractivity contribution in [1.29, 1.82) is 0 Å². The van der Waals surface area contributed by atoms with E-state index in [-0.39, 0.29) is 12.1 Å². The standard InChI is InChI=1S/C12H15NO3/c14-12(8-11-9-13-6-7-15-11)16-10-4-2-1-3-5-10/h1-5,11,13H,6-9H2. The number of carbonyl (C=O) groups is 1. The van der Waals surface area contributed by atoms with Gasteiger partial charge in [0.15, 0.2) is 0 Å². The van der Waals surface area contributed by atoms with Crippen LogP contribution in [0.5, 0.6) is 5.75 Å². The lowest BCUT2D eigenvalue weighted by molar-refractivity contribution is -0.138. The van der Waals surface area contributed by atoms with Gasteiger partial charge in [-0.2, -0.15) is 0 Å². The largest absolute Gasteiger partial charge is 0.426 e. The zero-order valence-corrected chi connectivity index (χ0v) is 9.02. The number of morpholine rings is 1. The van der Waals surface area contributed by atoms with Crippen molar-refractivity contribution in [3.8, 4) is 5.75 Å². The smallest absolute Gasteiger partial charge is 0.313 e. The lowest BCUT2D eigenvalue weighted by Gasteiger charge is -2.22. The van der Waals surface area contributed by atoms with Gasteiger partial charge in [0.25, 0.3) is 0 Å². The second-order valence-corrected chi connectivity index (χ2v) is 3.69. The molecule has 1 aliphatic heterocycles. The second kappa shape index (κ2) is 5.63. The maximum Gasteiger partial charge on any atom is 0.313 e.